The molecule has 4 heterocycles. The maximum Gasteiger partial charge on any atom is 0.228 e. The maximum absolute atomic E-state index is 9.74. The van der Waals surface area contributed by atoms with Crippen molar-refractivity contribution in [2.24, 2.45) is 5.92 Å². The number of hydrogen-bond acceptors (Lipinski definition) is 8. The number of rotatable bonds is 5. The Bertz CT molecular complexity index is 1280. The van der Waals surface area contributed by atoms with Crippen molar-refractivity contribution < 1.29 is 14.6 Å². The van der Waals surface area contributed by atoms with Gasteiger partial charge >= 0.3 is 0 Å². The van der Waals surface area contributed by atoms with Gasteiger partial charge in [0.2, 0.25) is 5.95 Å². The topological polar surface area (TPSA) is 74.2 Å². The molecule has 2 saturated heterocycles. The summed E-state index contributed by atoms with van der Waals surface area (Å²) < 4.78 is 11.8. The van der Waals surface area contributed by atoms with Gasteiger partial charge in [0.25, 0.3) is 0 Å². The summed E-state index contributed by atoms with van der Waals surface area (Å²) >= 11 is 0. The zero-order valence-corrected chi connectivity index (χ0v) is 23.3. The van der Waals surface area contributed by atoms with Gasteiger partial charge in [0, 0.05) is 44.0 Å². The summed E-state index contributed by atoms with van der Waals surface area (Å²) in [5.74, 6) is 2.33. The van der Waals surface area contributed by atoms with Gasteiger partial charge < -0.3 is 29.3 Å². The number of likely N-dealkylation sites (N-methyl/N-ethyl adjacent to an activating group) is 1. The quantitative estimate of drug-likeness (QED) is 0.610. The summed E-state index contributed by atoms with van der Waals surface area (Å²) in [6.07, 6.45) is 10.6. The van der Waals surface area contributed by atoms with Crippen molar-refractivity contribution >= 4 is 28.2 Å². The van der Waals surface area contributed by atoms with E-state index in [1.165, 1.54) is 37.7 Å². The molecule has 0 spiro atoms. The molecule has 1 aromatic carbocycles. The van der Waals surface area contributed by atoms with Gasteiger partial charge in [-0.15, -0.1) is 0 Å². The van der Waals surface area contributed by atoms with Crippen LogP contribution in [0.3, 0.4) is 0 Å². The molecule has 1 N–H and O–H groups in total. The number of allylic oxidation sites excluding steroid dienone is 3. The summed E-state index contributed by atoms with van der Waals surface area (Å²) in [5.41, 5.74) is 5.42. The minimum atomic E-state index is -0.220. The van der Waals surface area contributed by atoms with Crippen LogP contribution in [0.15, 0.2) is 48.3 Å². The molecule has 8 nitrogen and oxygen atoms in total. The minimum Gasteiger partial charge on any atom is -0.394 e. The number of fused-ring (bicyclic) bond motifs is 1. The highest BCUT2D eigenvalue weighted by molar-refractivity contribution is 5.94. The van der Waals surface area contributed by atoms with Crippen molar-refractivity contribution in [3.05, 3.63) is 53.9 Å². The number of aromatic nitrogens is 2. The van der Waals surface area contributed by atoms with Crippen LogP contribution in [0.4, 0.5) is 11.8 Å². The standard InChI is InChI=1S/C31H41N5O3/c1-21-15-25(17-34(3)22(21)2)24-9-10-28-27(16-24)30(33-31(32-28)35-11-14-39-26(18-35)19-37)36-12-13-38-20-29(36)23-7-5-4-6-8-23/h9-10,15-17,23,26,29,37H,2,4-8,11-14,18-20H2,1,3H3/t26-,29+/m0/s1. The third-order valence-electron chi connectivity index (χ3n) is 8.84. The first kappa shape index (κ1) is 26.3. The van der Waals surface area contributed by atoms with Gasteiger partial charge in [0.1, 0.15) is 5.82 Å². The first-order chi connectivity index (χ1) is 19.0. The average Bonchev–Trinajstić information content (AvgIpc) is 2.99. The fourth-order valence-electron chi connectivity index (χ4n) is 6.52. The number of morpholine rings is 2. The van der Waals surface area contributed by atoms with Gasteiger partial charge in [-0.25, -0.2) is 4.98 Å². The number of hydrogen-bond donors (Lipinski definition) is 1. The molecule has 6 rings (SSSR count). The van der Waals surface area contributed by atoms with E-state index in [4.69, 9.17) is 19.4 Å². The van der Waals surface area contributed by atoms with Crippen LogP contribution in [0.1, 0.15) is 44.6 Å². The Kier molecular flexibility index (Phi) is 7.60. The lowest BCUT2D eigenvalue weighted by atomic mass is 9.83. The summed E-state index contributed by atoms with van der Waals surface area (Å²) in [6.45, 7) is 10.4. The number of anilines is 2. The van der Waals surface area contributed by atoms with E-state index in [0.29, 0.717) is 44.2 Å². The summed E-state index contributed by atoms with van der Waals surface area (Å²) in [7, 11) is 2.05. The van der Waals surface area contributed by atoms with Crippen molar-refractivity contribution in [3.8, 4) is 0 Å². The Hall–Kier alpha value is -2.94. The fourth-order valence-corrected chi connectivity index (χ4v) is 6.52. The Labute approximate surface area is 231 Å². The molecule has 8 heteroatoms. The van der Waals surface area contributed by atoms with Crippen LogP contribution in [-0.4, -0.2) is 85.2 Å². The molecule has 2 aromatic rings. The third-order valence-corrected chi connectivity index (χ3v) is 8.84. The first-order valence-electron chi connectivity index (χ1n) is 14.5. The summed E-state index contributed by atoms with van der Waals surface area (Å²) in [4.78, 5) is 17.1. The zero-order valence-electron chi connectivity index (χ0n) is 23.3. The molecular formula is C31H41N5O3. The highest BCUT2D eigenvalue weighted by Crippen LogP contribution is 2.37. The molecule has 1 aromatic heterocycles. The molecule has 0 amide bonds. The van der Waals surface area contributed by atoms with Crippen LogP contribution < -0.4 is 9.80 Å². The van der Waals surface area contributed by atoms with Crippen LogP contribution in [0.25, 0.3) is 16.5 Å². The van der Waals surface area contributed by atoms with Gasteiger partial charge in [-0.1, -0.05) is 31.9 Å². The number of aliphatic hydroxyl groups is 1. The van der Waals surface area contributed by atoms with E-state index in [1.807, 2.05) is 7.05 Å². The monoisotopic (exact) mass is 531 g/mol. The number of ether oxygens (including phenoxy) is 2. The van der Waals surface area contributed by atoms with E-state index in [9.17, 15) is 5.11 Å². The van der Waals surface area contributed by atoms with Crippen molar-refractivity contribution in [2.45, 2.75) is 51.2 Å². The normalized spacial score (nSPS) is 25.2. The lowest BCUT2D eigenvalue weighted by Gasteiger charge is -2.43. The van der Waals surface area contributed by atoms with Crippen molar-refractivity contribution in [1.29, 1.82) is 0 Å². The van der Waals surface area contributed by atoms with E-state index >= 15 is 0 Å². The second kappa shape index (κ2) is 11.3. The first-order valence-corrected chi connectivity index (χ1v) is 14.5. The Morgan fingerprint density at radius 3 is 2.74 bits per heavy atom. The number of benzene rings is 1. The van der Waals surface area contributed by atoms with Gasteiger partial charge in [-0.3, -0.25) is 0 Å². The van der Waals surface area contributed by atoms with E-state index < -0.39 is 0 Å². The molecule has 39 heavy (non-hydrogen) atoms. The SMILES string of the molecule is C=C1C(C)=CC(c2ccc3nc(N4CCO[C@H](CO)C4)nc(N4CCOC[C@@H]4C4CCCCC4)c3c2)=CN1C. The molecule has 0 unspecified atom stereocenters. The molecule has 3 aliphatic heterocycles. The fraction of sp³-hybridized carbons (Fsp3) is 0.548. The van der Waals surface area contributed by atoms with E-state index in [2.05, 4.69) is 58.7 Å². The lowest BCUT2D eigenvalue weighted by molar-refractivity contribution is 0.00315. The van der Waals surface area contributed by atoms with E-state index in [0.717, 1.165) is 46.7 Å². The van der Waals surface area contributed by atoms with Gasteiger partial charge in [-0.05, 0) is 60.6 Å². The molecule has 1 saturated carbocycles. The van der Waals surface area contributed by atoms with Crippen molar-refractivity contribution in [2.75, 3.05) is 62.9 Å². The third kappa shape index (κ3) is 5.30. The van der Waals surface area contributed by atoms with Crippen LogP contribution in [-0.2, 0) is 9.47 Å². The van der Waals surface area contributed by atoms with E-state index in [1.54, 1.807) is 0 Å². The summed E-state index contributed by atoms with van der Waals surface area (Å²) in [5, 5.41) is 10.8. The molecule has 208 valence electrons. The highest BCUT2D eigenvalue weighted by atomic mass is 16.5. The molecule has 3 fully saturated rings. The van der Waals surface area contributed by atoms with Gasteiger partial charge in [0.05, 0.1) is 44.1 Å². The lowest BCUT2D eigenvalue weighted by Crippen LogP contribution is -2.51. The molecule has 4 aliphatic rings. The molecule has 0 bridgehead atoms. The maximum atomic E-state index is 9.74. The van der Waals surface area contributed by atoms with Crippen LogP contribution in [0, 0.1) is 5.92 Å². The number of aliphatic hydroxyl groups excluding tert-OH is 1. The van der Waals surface area contributed by atoms with Gasteiger partial charge in [0.15, 0.2) is 0 Å². The second-order valence-electron chi connectivity index (χ2n) is 11.4. The van der Waals surface area contributed by atoms with Gasteiger partial charge in [-0.2, -0.15) is 4.98 Å². The highest BCUT2D eigenvalue weighted by Gasteiger charge is 2.34. The number of nitrogens with zero attached hydrogens (tertiary/aromatic N) is 5. The minimum absolute atomic E-state index is 0.00354. The van der Waals surface area contributed by atoms with Crippen molar-refractivity contribution in [3.63, 3.8) is 0 Å². The largest absolute Gasteiger partial charge is 0.394 e. The molecule has 1 aliphatic carbocycles. The zero-order chi connectivity index (χ0) is 26.9. The average molecular weight is 532 g/mol. The van der Waals surface area contributed by atoms with E-state index in [-0.39, 0.29) is 12.7 Å². The predicted octanol–water partition coefficient (Wildman–Crippen LogP) is 4.36. The van der Waals surface area contributed by atoms with Crippen LogP contribution in [0.5, 0.6) is 0 Å². The Morgan fingerprint density at radius 1 is 1.10 bits per heavy atom. The Morgan fingerprint density at radius 2 is 1.95 bits per heavy atom. The van der Waals surface area contributed by atoms with Crippen molar-refractivity contribution in [1.82, 2.24) is 14.9 Å². The second-order valence-corrected chi connectivity index (χ2v) is 11.4. The summed E-state index contributed by atoms with van der Waals surface area (Å²) in [6, 6.07) is 6.87. The van der Waals surface area contributed by atoms with Crippen LogP contribution >= 0.6 is 0 Å². The molecule has 2 atom stereocenters. The smallest absolute Gasteiger partial charge is 0.228 e. The van der Waals surface area contributed by atoms with Crippen LogP contribution in [0.2, 0.25) is 0 Å². The Balaban J connectivity index is 1.46. The molecular weight excluding hydrogens is 490 g/mol. The predicted molar refractivity (Wildman–Crippen MR) is 156 cm³/mol. The molecule has 0 radical (unpaired) electrons.